The molecule has 1 unspecified atom stereocenters. The van der Waals surface area contributed by atoms with E-state index in [0.717, 1.165) is 41.9 Å². The topological polar surface area (TPSA) is 15.3 Å². The van der Waals surface area contributed by atoms with Crippen molar-refractivity contribution in [3.05, 3.63) is 56.4 Å². The monoisotopic (exact) mass is 368 g/mol. The summed E-state index contributed by atoms with van der Waals surface area (Å²) in [4.78, 5) is 3.79. The maximum atomic E-state index is 13.2. The molecule has 3 rings (SSSR count). The molecule has 0 bridgehead atoms. The number of nitrogens with one attached hydrogen (secondary N) is 1. The fourth-order valence-corrected chi connectivity index (χ4v) is 4.39. The van der Waals surface area contributed by atoms with Gasteiger partial charge in [0.1, 0.15) is 5.82 Å². The van der Waals surface area contributed by atoms with Crippen LogP contribution in [0.1, 0.15) is 22.9 Å². The summed E-state index contributed by atoms with van der Waals surface area (Å²) in [6, 6.07) is 11.4. The van der Waals surface area contributed by atoms with Crippen molar-refractivity contribution < 1.29 is 4.39 Å². The second-order valence-corrected chi connectivity index (χ2v) is 7.73. The molecule has 0 radical (unpaired) electrons. The predicted molar refractivity (Wildman–Crippen MR) is 89.3 cm³/mol. The zero-order valence-corrected chi connectivity index (χ0v) is 14.1. The van der Waals surface area contributed by atoms with Crippen molar-refractivity contribution in [2.24, 2.45) is 0 Å². The summed E-state index contributed by atoms with van der Waals surface area (Å²) in [6.07, 6.45) is 1.14. The lowest BCUT2D eigenvalue weighted by molar-refractivity contribution is 0.244. The van der Waals surface area contributed by atoms with Crippen LogP contribution >= 0.6 is 27.3 Å². The zero-order valence-electron chi connectivity index (χ0n) is 11.7. The lowest BCUT2D eigenvalue weighted by atomic mass is 10.0. The van der Waals surface area contributed by atoms with Crippen LogP contribution in [0.4, 0.5) is 4.39 Å². The molecule has 21 heavy (non-hydrogen) atoms. The van der Waals surface area contributed by atoms with Gasteiger partial charge in [0.15, 0.2) is 0 Å². The van der Waals surface area contributed by atoms with Crippen molar-refractivity contribution in [1.29, 1.82) is 0 Å². The van der Waals surface area contributed by atoms with Crippen molar-refractivity contribution in [1.82, 2.24) is 10.2 Å². The molecule has 1 fully saturated rings. The van der Waals surface area contributed by atoms with Gasteiger partial charge in [-0.1, -0.05) is 12.1 Å². The normalized spacial score (nSPS) is 18.4. The molecular weight excluding hydrogens is 351 g/mol. The SMILES string of the molecule is Fc1ccc(C(c2ccc(Br)s2)N2CCCNCC2)cc1. The highest BCUT2D eigenvalue weighted by Crippen LogP contribution is 2.35. The fourth-order valence-electron chi connectivity index (χ4n) is 2.80. The van der Waals surface area contributed by atoms with Gasteiger partial charge in [-0.15, -0.1) is 11.3 Å². The number of thiophene rings is 1. The maximum Gasteiger partial charge on any atom is 0.123 e. The molecule has 112 valence electrons. The van der Waals surface area contributed by atoms with E-state index in [1.54, 1.807) is 23.5 Å². The van der Waals surface area contributed by atoms with E-state index in [9.17, 15) is 4.39 Å². The zero-order chi connectivity index (χ0) is 14.7. The van der Waals surface area contributed by atoms with Gasteiger partial charge in [0.05, 0.1) is 9.83 Å². The van der Waals surface area contributed by atoms with Gasteiger partial charge in [0.25, 0.3) is 0 Å². The van der Waals surface area contributed by atoms with Gasteiger partial charge in [-0.3, -0.25) is 4.90 Å². The number of hydrogen-bond donors (Lipinski definition) is 1. The van der Waals surface area contributed by atoms with Crippen LogP contribution in [-0.4, -0.2) is 31.1 Å². The summed E-state index contributed by atoms with van der Waals surface area (Å²) in [5.41, 5.74) is 1.16. The number of hydrogen-bond acceptors (Lipinski definition) is 3. The molecule has 1 saturated heterocycles. The fraction of sp³-hybridized carbons (Fsp3) is 0.375. The average Bonchev–Trinajstić information content (AvgIpc) is 2.74. The van der Waals surface area contributed by atoms with E-state index < -0.39 is 0 Å². The van der Waals surface area contributed by atoms with E-state index in [1.165, 1.54) is 4.88 Å². The van der Waals surface area contributed by atoms with Crippen LogP contribution < -0.4 is 5.32 Å². The van der Waals surface area contributed by atoms with Crippen molar-refractivity contribution >= 4 is 27.3 Å². The molecule has 1 N–H and O–H groups in total. The summed E-state index contributed by atoms with van der Waals surface area (Å²) < 4.78 is 14.4. The molecule has 0 saturated carbocycles. The molecule has 0 aliphatic carbocycles. The third kappa shape index (κ3) is 3.72. The minimum absolute atomic E-state index is 0.178. The molecule has 2 nitrogen and oxygen atoms in total. The second kappa shape index (κ2) is 7.01. The highest BCUT2D eigenvalue weighted by Gasteiger charge is 2.24. The lowest BCUT2D eigenvalue weighted by Crippen LogP contribution is -2.32. The van der Waals surface area contributed by atoms with E-state index in [-0.39, 0.29) is 11.9 Å². The van der Waals surface area contributed by atoms with Crippen LogP contribution in [0.5, 0.6) is 0 Å². The average molecular weight is 369 g/mol. The minimum Gasteiger partial charge on any atom is -0.315 e. The Bertz CT molecular complexity index is 576. The Morgan fingerprint density at radius 2 is 1.90 bits per heavy atom. The van der Waals surface area contributed by atoms with Crippen molar-refractivity contribution in [2.75, 3.05) is 26.2 Å². The molecule has 2 heterocycles. The highest BCUT2D eigenvalue weighted by molar-refractivity contribution is 9.11. The minimum atomic E-state index is -0.178. The second-order valence-electron chi connectivity index (χ2n) is 5.24. The summed E-state index contributed by atoms with van der Waals surface area (Å²) >= 11 is 5.31. The van der Waals surface area contributed by atoms with Gasteiger partial charge in [-0.05, 0) is 58.7 Å². The predicted octanol–water partition coefficient (Wildman–Crippen LogP) is 4.03. The van der Waals surface area contributed by atoms with Gasteiger partial charge in [-0.25, -0.2) is 4.39 Å². The molecular formula is C16H18BrFN2S. The van der Waals surface area contributed by atoms with Crippen molar-refractivity contribution in [2.45, 2.75) is 12.5 Å². The largest absolute Gasteiger partial charge is 0.315 e. The van der Waals surface area contributed by atoms with E-state index in [1.807, 2.05) is 12.1 Å². The van der Waals surface area contributed by atoms with E-state index in [0.29, 0.717) is 0 Å². The van der Waals surface area contributed by atoms with Crippen LogP contribution in [0.15, 0.2) is 40.2 Å². The molecule has 1 aliphatic rings. The Kier molecular flexibility index (Phi) is 5.06. The standard InChI is InChI=1S/C16H18BrFN2S/c17-15-7-6-14(21-15)16(12-2-4-13(18)5-3-12)20-10-1-8-19-9-11-20/h2-7,16,19H,1,8-11H2. The van der Waals surface area contributed by atoms with Gasteiger partial charge in [-0.2, -0.15) is 0 Å². The molecule has 0 spiro atoms. The van der Waals surface area contributed by atoms with Gasteiger partial charge < -0.3 is 5.32 Å². The molecule has 1 atom stereocenters. The number of halogens is 2. The molecule has 2 aromatic rings. The van der Waals surface area contributed by atoms with Crippen LogP contribution in [-0.2, 0) is 0 Å². The van der Waals surface area contributed by atoms with Crippen LogP contribution in [0.25, 0.3) is 0 Å². The Morgan fingerprint density at radius 3 is 2.62 bits per heavy atom. The molecule has 1 aliphatic heterocycles. The first kappa shape index (κ1) is 15.2. The Morgan fingerprint density at radius 1 is 1.10 bits per heavy atom. The van der Waals surface area contributed by atoms with Crippen molar-refractivity contribution in [3.8, 4) is 0 Å². The van der Waals surface area contributed by atoms with Gasteiger partial charge >= 0.3 is 0 Å². The van der Waals surface area contributed by atoms with Gasteiger partial charge in [0, 0.05) is 24.5 Å². The molecule has 1 aromatic carbocycles. The van der Waals surface area contributed by atoms with E-state index in [4.69, 9.17) is 0 Å². The molecule has 0 amide bonds. The first-order valence-electron chi connectivity index (χ1n) is 7.19. The van der Waals surface area contributed by atoms with Crippen LogP contribution in [0.2, 0.25) is 0 Å². The Hall–Kier alpha value is -0.750. The molecule has 1 aromatic heterocycles. The summed E-state index contributed by atoms with van der Waals surface area (Å²) in [7, 11) is 0. The smallest absolute Gasteiger partial charge is 0.123 e. The summed E-state index contributed by atoms with van der Waals surface area (Å²) in [5, 5.41) is 3.44. The van der Waals surface area contributed by atoms with Crippen molar-refractivity contribution in [3.63, 3.8) is 0 Å². The first-order valence-corrected chi connectivity index (χ1v) is 8.80. The molecule has 5 heteroatoms. The van der Waals surface area contributed by atoms with E-state index in [2.05, 4.69) is 38.3 Å². The number of benzene rings is 1. The first-order chi connectivity index (χ1) is 10.2. The van der Waals surface area contributed by atoms with Crippen LogP contribution in [0.3, 0.4) is 0 Å². The Labute approximate surface area is 137 Å². The summed E-state index contributed by atoms with van der Waals surface area (Å²) in [6.45, 7) is 4.15. The number of rotatable bonds is 3. The lowest BCUT2D eigenvalue weighted by Gasteiger charge is -2.30. The Balaban J connectivity index is 1.95. The van der Waals surface area contributed by atoms with Gasteiger partial charge in [0.2, 0.25) is 0 Å². The maximum absolute atomic E-state index is 13.2. The number of nitrogens with zero attached hydrogens (tertiary/aromatic N) is 1. The van der Waals surface area contributed by atoms with E-state index >= 15 is 0 Å². The quantitative estimate of drug-likeness (QED) is 0.879. The highest BCUT2D eigenvalue weighted by atomic mass is 79.9. The third-order valence-electron chi connectivity index (χ3n) is 3.79. The van der Waals surface area contributed by atoms with Crippen LogP contribution in [0, 0.1) is 5.82 Å². The summed E-state index contributed by atoms with van der Waals surface area (Å²) in [5.74, 6) is -0.178. The third-order valence-corrected chi connectivity index (χ3v) is 5.47.